The van der Waals surface area contributed by atoms with E-state index in [1.165, 1.54) is 18.4 Å². The normalized spacial score (nSPS) is 20.0. The van der Waals surface area contributed by atoms with Gasteiger partial charge in [0.1, 0.15) is 5.75 Å². The molecule has 2 aliphatic rings. The van der Waals surface area contributed by atoms with Crippen molar-refractivity contribution in [3.8, 4) is 5.75 Å². The maximum atomic E-state index is 13.2. The molecular weight excluding hydrogens is 380 g/mol. The number of halogens is 1. The lowest BCUT2D eigenvalue weighted by molar-refractivity contribution is -0.132. The molecule has 4 nitrogen and oxygen atoms in total. The molecule has 1 aliphatic heterocycles. The number of benzene rings is 1. The fraction of sp³-hybridized carbons (Fsp3) is 0.476. The number of carbonyl (C=O) groups is 1. The Hall–Kier alpha value is -1.56. The van der Waals surface area contributed by atoms with Gasteiger partial charge in [-0.3, -0.25) is 4.79 Å². The summed E-state index contributed by atoms with van der Waals surface area (Å²) in [7, 11) is 1.66. The molecule has 1 N–H and O–H groups in total. The van der Waals surface area contributed by atoms with E-state index >= 15 is 0 Å². The Morgan fingerprint density at radius 2 is 2.11 bits per heavy atom. The standard InChI is InChI=1S/C21H26N2O2S.ClH/c1-25-18-4-2-3-16(11-18)12-20(24)23(14-17-5-10-26-15-17)19-13-21(19)6-8-22-9-7-21;/h2-5,10-11,15,19,22H,6-9,12-14H2,1H3;1H. The molecule has 1 unspecified atom stereocenters. The highest BCUT2D eigenvalue weighted by atomic mass is 35.5. The smallest absolute Gasteiger partial charge is 0.227 e. The van der Waals surface area contributed by atoms with Crippen molar-refractivity contribution in [3.05, 3.63) is 52.2 Å². The summed E-state index contributed by atoms with van der Waals surface area (Å²) in [4.78, 5) is 15.4. The highest BCUT2D eigenvalue weighted by Crippen LogP contribution is 2.56. The predicted octanol–water partition coefficient (Wildman–Crippen LogP) is 3.89. The monoisotopic (exact) mass is 406 g/mol. The quantitative estimate of drug-likeness (QED) is 0.791. The number of nitrogens with zero attached hydrogens (tertiary/aromatic N) is 1. The number of methoxy groups -OCH3 is 1. The minimum Gasteiger partial charge on any atom is -0.497 e. The van der Waals surface area contributed by atoms with Gasteiger partial charge in [-0.2, -0.15) is 11.3 Å². The van der Waals surface area contributed by atoms with E-state index in [1.807, 2.05) is 24.3 Å². The molecule has 6 heteroatoms. The van der Waals surface area contributed by atoms with Crippen LogP contribution in [0.5, 0.6) is 5.75 Å². The molecule has 1 aromatic heterocycles. The zero-order valence-corrected chi connectivity index (χ0v) is 17.3. The van der Waals surface area contributed by atoms with Crippen molar-refractivity contribution in [2.75, 3.05) is 20.2 Å². The summed E-state index contributed by atoms with van der Waals surface area (Å²) in [6, 6.07) is 10.4. The van der Waals surface area contributed by atoms with Gasteiger partial charge in [0.05, 0.1) is 13.5 Å². The van der Waals surface area contributed by atoms with Gasteiger partial charge in [-0.05, 0) is 77.9 Å². The first-order valence-corrected chi connectivity index (χ1v) is 10.3. The second kappa shape index (κ2) is 8.63. The molecule has 1 aliphatic carbocycles. The summed E-state index contributed by atoms with van der Waals surface area (Å²) in [5.41, 5.74) is 2.61. The Morgan fingerprint density at radius 3 is 2.81 bits per heavy atom. The van der Waals surface area contributed by atoms with Crippen LogP contribution in [0.25, 0.3) is 0 Å². The van der Waals surface area contributed by atoms with Crippen molar-refractivity contribution in [1.29, 1.82) is 0 Å². The van der Waals surface area contributed by atoms with Crippen LogP contribution in [0.2, 0.25) is 0 Å². The fourth-order valence-corrected chi connectivity index (χ4v) is 4.90. The lowest BCUT2D eigenvalue weighted by Gasteiger charge is -2.29. The maximum Gasteiger partial charge on any atom is 0.227 e. The van der Waals surface area contributed by atoms with E-state index in [9.17, 15) is 4.79 Å². The maximum absolute atomic E-state index is 13.2. The fourth-order valence-electron chi connectivity index (χ4n) is 4.24. The van der Waals surface area contributed by atoms with Crippen molar-refractivity contribution in [3.63, 3.8) is 0 Å². The third kappa shape index (κ3) is 4.48. The summed E-state index contributed by atoms with van der Waals surface area (Å²) in [6.07, 6.45) is 3.96. The van der Waals surface area contributed by atoms with Crippen molar-refractivity contribution < 1.29 is 9.53 Å². The zero-order valence-electron chi connectivity index (χ0n) is 15.6. The Morgan fingerprint density at radius 1 is 1.30 bits per heavy atom. The van der Waals surface area contributed by atoms with Crippen molar-refractivity contribution in [2.24, 2.45) is 5.41 Å². The molecule has 4 rings (SSSR count). The molecule has 2 fully saturated rings. The average Bonchev–Trinajstić information content (AvgIpc) is 3.09. The molecule has 1 saturated carbocycles. The van der Waals surface area contributed by atoms with Gasteiger partial charge < -0.3 is 15.0 Å². The molecule has 2 heterocycles. The van der Waals surface area contributed by atoms with Gasteiger partial charge in [-0.25, -0.2) is 0 Å². The number of carbonyl (C=O) groups excluding carboxylic acids is 1. The Labute approximate surface area is 171 Å². The van der Waals surface area contributed by atoms with Crippen LogP contribution in [0.1, 0.15) is 30.4 Å². The molecule has 0 radical (unpaired) electrons. The van der Waals surface area contributed by atoms with Crippen LogP contribution in [0.15, 0.2) is 41.1 Å². The van der Waals surface area contributed by atoms with Crippen LogP contribution in [0, 0.1) is 5.41 Å². The molecule has 1 amide bonds. The summed E-state index contributed by atoms with van der Waals surface area (Å²) < 4.78 is 5.30. The van der Waals surface area contributed by atoms with E-state index in [1.54, 1.807) is 18.4 Å². The summed E-state index contributed by atoms with van der Waals surface area (Å²) in [5.74, 6) is 1.03. The summed E-state index contributed by atoms with van der Waals surface area (Å²) in [6.45, 7) is 2.88. The number of hydrogen-bond acceptors (Lipinski definition) is 4. The third-order valence-corrected chi connectivity index (χ3v) is 6.60. The highest BCUT2D eigenvalue weighted by molar-refractivity contribution is 7.07. The van der Waals surface area contributed by atoms with Crippen LogP contribution in [0.3, 0.4) is 0 Å². The molecular formula is C21H27ClN2O2S. The van der Waals surface area contributed by atoms with E-state index in [4.69, 9.17) is 4.74 Å². The van der Waals surface area contributed by atoms with Gasteiger partial charge in [-0.15, -0.1) is 12.4 Å². The molecule has 146 valence electrons. The van der Waals surface area contributed by atoms with Crippen molar-refractivity contribution in [1.82, 2.24) is 10.2 Å². The summed E-state index contributed by atoms with van der Waals surface area (Å²) in [5, 5.41) is 7.70. The molecule has 2 aromatic rings. The van der Waals surface area contributed by atoms with E-state index < -0.39 is 0 Å². The number of thiophene rings is 1. The van der Waals surface area contributed by atoms with E-state index in [0.29, 0.717) is 17.9 Å². The number of amides is 1. The number of nitrogens with one attached hydrogen (secondary N) is 1. The molecule has 1 atom stereocenters. The number of rotatable bonds is 6. The van der Waals surface area contributed by atoms with Crippen molar-refractivity contribution in [2.45, 2.75) is 38.3 Å². The first kappa shape index (κ1) is 20.2. The summed E-state index contributed by atoms with van der Waals surface area (Å²) >= 11 is 1.70. The Balaban J connectivity index is 0.00000210. The zero-order chi connectivity index (χ0) is 18.0. The second-order valence-electron chi connectivity index (χ2n) is 7.51. The Kier molecular flexibility index (Phi) is 6.45. The third-order valence-electron chi connectivity index (χ3n) is 5.87. The SMILES string of the molecule is COc1cccc(CC(=O)N(Cc2ccsc2)C2CC23CCNCC3)c1.Cl. The largest absolute Gasteiger partial charge is 0.497 e. The van der Waals surface area contributed by atoms with Gasteiger partial charge >= 0.3 is 0 Å². The minimum atomic E-state index is 0. The topological polar surface area (TPSA) is 41.6 Å². The van der Waals surface area contributed by atoms with Gasteiger partial charge in [0.25, 0.3) is 0 Å². The van der Waals surface area contributed by atoms with Crippen LogP contribution >= 0.6 is 23.7 Å². The number of hydrogen-bond donors (Lipinski definition) is 1. The molecule has 0 bridgehead atoms. The number of ether oxygens (including phenoxy) is 1. The van der Waals surface area contributed by atoms with E-state index in [2.05, 4.69) is 27.0 Å². The lowest BCUT2D eigenvalue weighted by Crippen LogP contribution is -2.39. The van der Waals surface area contributed by atoms with E-state index in [0.717, 1.165) is 37.4 Å². The first-order chi connectivity index (χ1) is 12.7. The molecule has 1 aromatic carbocycles. The number of piperidine rings is 1. The van der Waals surface area contributed by atoms with Gasteiger partial charge in [0, 0.05) is 12.6 Å². The van der Waals surface area contributed by atoms with Crippen molar-refractivity contribution >= 4 is 29.7 Å². The first-order valence-electron chi connectivity index (χ1n) is 9.34. The highest BCUT2D eigenvalue weighted by Gasteiger charge is 2.57. The minimum absolute atomic E-state index is 0. The van der Waals surface area contributed by atoms with Gasteiger partial charge in [0.2, 0.25) is 5.91 Å². The van der Waals surface area contributed by atoms with Gasteiger partial charge in [-0.1, -0.05) is 12.1 Å². The van der Waals surface area contributed by atoms with Crippen LogP contribution < -0.4 is 10.1 Å². The van der Waals surface area contributed by atoms with Crippen LogP contribution in [0.4, 0.5) is 0 Å². The Bertz CT molecular complexity index is 759. The van der Waals surface area contributed by atoms with Gasteiger partial charge in [0.15, 0.2) is 0 Å². The molecule has 1 spiro atoms. The molecule has 1 saturated heterocycles. The van der Waals surface area contributed by atoms with E-state index in [-0.39, 0.29) is 18.3 Å². The average molecular weight is 407 g/mol. The predicted molar refractivity (Wildman–Crippen MR) is 112 cm³/mol. The second-order valence-corrected chi connectivity index (χ2v) is 8.29. The lowest BCUT2D eigenvalue weighted by atomic mass is 9.93. The van der Waals surface area contributed by atoms with Crippen LogP contribution in [-0.4, -0.2) is 37.0 Å². The van der Waals surface area contributed by atoms with Crippen LogP contribution in [-0.2, 0) is 17.8 Å². The molecule has 27 heavy (non-hydrogen) atoms.